The Labute approximate surface area is 291 Å². The summed E-state index contributed by atoms with van der Waals surface area (Å²) < 4.78 is 8.20. The summed E-state index contributed by atoms with van der Waals surface area (Å²) in [6.45, 7) is 5.84. The monoisotopic (exact) mass is 719 g/mol. The number of hydrogen-bond acceptors (Lipinski definition) is 8. The number of likely N-dealkylation sites (tertiary alicyclic amines) is 1. The summed E-state index contributed by atoms with van der Waals surface area (Å²) in [5, 5.41) is 8.37. The molecule has 1 aliphatic carbocycles. The Balaban J connectivity index is 1.15. The van der Waals surface area contributed by atoms with Gasteiger partial charge in [0.2, 0.25) is 11.8 Å². The van der Waals surface area contributed by atoms with Crippen molar-refractivity contribution in [2.24, 2.45) is 5.41 Å². The van der Waals surface area contributed by atoms with Crippen LogP contribution in [0.5, 0.6) is 0 Å². The average molecular weight is 721 g/mol. The second-order valence-corrected chi connectivity index (χ2v) is 14.3. The number of aromatic nitrogens is 5. The summed E-state index contributed by atoms with van der Waals surface area (Å²) in [5.41, 5.74) is 6.29. The lowest BCUT2D eigenvalue weighted by molar-refractivity contribution is -0.138. The molecule has 6 heterocycles. The van der Waals surface area contributed by atoms with Crippen LogP contribution in [0.15, 0.2) is 65.5 Å². The maximum Gasteiger partial charge on any atom is 0.248 e. The summed E-state index contributed by atoms with van der Waals surface area (Å²) in [6.07, 6.45) is 5.62. The molecule has 2 fully saturated rings. The first-order chi connectivity index (χ1) is 23.6. The van der Waals surface area contributed by atoms with E-state index in [4.69, 9.17) is 4.74 Å². The largest absolute Gasteiger partial charge is 0.372 e. The summed E-state index contributed by atoms with van der Waals surface area (Å²) >= 11 is 3.43. The van der Waals surface area contributed by atoms with Crippen molar-refractivity contribution < 1.29 is 19.1 Å². The highest BCUT2D eigenvalue weighted by Gasteiger charge is 2.66. The lowest BCUT2D eigenvalue weighted by Gasteiger charge is -2.27. The highest BCUT2D eigenvalue weighted by Crippen LogP contribution is 2.61. The lowest BCUT2D eigenvalue weighted by atomic mass is 9.91. The van der Waals surface area contributed by atoms with Gasteiger partial charge < -0.3 is 15.0 Å². The predicted molar refractivity (Wildman–Crippen MR) is 186 cm³/mol. The number of pyridine rings is 1. The van der Waals surface area contributed by atoms with Gasteiger partial charge in [-0.25, -0.2) is 15.0 Å². The van der Waals surface area contributed by atoms with Gasteiger partial charge in [-0.3, -0.25) is 19.1 Å². The molecule has 3 aliphatic heterocycles. The van der Waals surface area contributed by atoms with Gasteiger partial charge in [0.1, 0.15) is 34.5 Å². The van der Waals surface area contributed by atoms with Gasteiger partial charge in [0.05, 0.1) is 18.7 Å². The number of benzene rings is 2. The summed E-state index contributed by atoms with van der Waals surface area (Å²) in [6, 6.07) is 15.2. The predicted octanol–water partition coefficient (Wildman–Crippen LogP) is 5.74. The zero-order chi connectivity index (χ0) is 34.0. The maximum absolute atomic E-state index is 14.4. The minimum atomic E-state index is -0.700. The second-order valence-electron chi connectivity index (χ2n) is 13.5. The van der Waals surface area contributed by atoms with E-state index in [1.165, 1.54) is 6.92 Å². The Morgan fingerprint density at radius 3 is 2.51 bits per heavy atom. The number of halogens is 1. The van der Waals surface area contributed by atoms with E-state index in [1.54, 1.807) is 22.0 Å². The van der Waals surface area contributed by atoms with E-state index < -0.39 is 6.04 Å². The fourth-order valence-electron chi connectivity index (χ4n) is 7.62. The number of anilines is 1. The van der Waals surface area contributed by atoms with Crippen LogP contribution in [0.25, 0.3) is 22.0 Å². The number of piperidine rings is 1. The van der Waals surface area contributed by atoms with Crippen LogP contribution in [0.1, 0.15) is 58.3 Å². The first kappa shape index (κ1) is 31.5. The molecule has 1 spiro atoms. The number of carbonyl (C=O) groups is 3. The van der Waals surface area contributed by atoms with E-state index in [9.17, 15) is 14.4 Å². The van der Waals surface area contributed by atoms with Gasteiger partial charge in [0, 0.05) is 41.9 Å². The fraction of sp³-hybridized carbons (Fsp3) is 0.324. The number of Topliss-reactive ketones (excluding diaryl/α,β-unsaturated/α-hetero) is 1. The van der Waals surface area contributed by atoms with E-state index in [0.717, 1.165) is 46.2 Å². The van der Waals surface area contributed by atoms with Gasteiger partial charge in [-0.05, 0) is 94.9 Å². The first-order valence-electron chi connectivity index (χ1n) is 16.3. The Morgan fingerprint density at radius 1 is 1.00 bits per heavy atom. The topological polar surface area (TPSA) is 132 Å². The molecule has 4 aliphatic rings. The Morgan fingerprint density at radius 2 is 1.76 bits per heavy atom. The Bertz CT molecular complexity index is 2160. The smallest absolute Gasteiger partial charge is 0.248 e. The van der Waals surface area contributed by atoms with Gasteiger partial charge in [0.15, 0.2) is 5.78 Å². The number of ether oxygens (including phenoxy) is 1. The minimum absolute atomic E-state index is 0.0926. The van der Waals surface area contributed by atoms with Crippen molar-refractivity contribution in [2.75, 3.05) is 5.32 Å². The van der Waals surface area contributed by atoms with Crippen molar-refractivity contribution in [2.45, 2.75) is 71.9 Å². The van der Waals surface area contributed by atoms with E-state index >= 15 is 0 Å². The molecule has 3 aromatic heterocycles. The fourth-order valence-corrected chi connectivity index (χ4v) is 7.93. The van der Waals surface area contributed by atoms with Crippen LogP contribution in [0.2, 0.25) is 0 Å². The van der Waals surface area contributed by atoms with E-state index in [1.807, 2.05) is 38.1 Å². The third-order valence-electron chi connectivity index (χ3n) is 10.1. The van der Waals surface area contributed by atoms with Crippen LogP contribution >= 0.6 is 15.9 Å². The molecular weight excluding hydrogens is 686 g/mol. The molecule has 0 radical (unpaired) electrons. The molecule has 49 heavy (non-hydrogen) atoms. The highest BCUT2D eigenvalue weighted by molar-refractivity contribution is 9.10. The molecule has 11 nitrogen and oxygen atoms in total. The number of amides is 2. The number of fused-ring (bicyclic) bond motifs is 6. The van der Waals surface area contributed by atoms with Crippen molar-refractivity contribution in [3.05, 3.63) is 99.3 Å². The number of ketones is 1. The number of rotatable bonds is 4. The molecule has 1 unspecified atom stereocenters. The number of carbonyl (C=O) groups excluding carboxylic acids is 3. The second kappa shape index (κ2) is 12.0. The van der Waals surface area contributed by atoms with E-state index in [-0.39, 0.29) is 47.9 Å². The zero-order valence-electron chi connectivity index (χ0n) is 27.4. The van der Waals surface area contributed by atoms with E-state index in [0.29, 0.717) is 40.2 Å². The molecule has 2 aromatic carbocycles. The number of nitrogens with zero attached hydrogens (tertiary/aromatic N) is 6. The number of nitrogens with one attached hydrogen (secondary N) is 1. The molecular formula is C37H34BrN7O4. The molecule has 1 saturated carbocycles. The summed E-state index contributed by atoms with van der Waals surface area (Å²) in [7, 11) is 0. The minimum Gasteiger partial charge on any atom is -0.372 e. The molecule has 9 rings (SSSR count). The van der Waals surface area contributed by atoms with Crippen molar-refractivity contribution in [3.8, 4) is 11.1 Å². The van der Waals surface area contributed by atoms with Crippen molar-refractivity contribution >= 4 is 50.2 Å². The molecule has 12 heteroatoms. The van der Waals surface area contributed by atoms with Gasteiger partial charge in [-0.2, -0.15) is 5.10 Å². The number of hydrogen-bond donors (Lipinski definition) is 1. The Hall–Kier alpha value is -4.81. The van der Waals surface area contributed by atoms with Gasteiger partial charge in [-0.1, -0.05) is 30.3 Å². The van der Waals surface area contributed by atoms with Crippen molar-refractivity contribution in [3.63, 3.8) is 0 Å². The van der Waals surface area contributed by atoms with Crippen LogP contribution in [-0.2, 0) is 40.5 Å². The van der Waals surface area contributed by atoms with Crippen molar-refractivity contribution in [1.82, 2.24) is 29.6 Å². The Kier molecular flexibility index (Phi) is 7.68. The third-order valence-corrected chi connectivity index (χ3v) is 10.5. The third kappa shape index (κ3) is 5.72. The summed E-state index contributed by atoms with van der Waals surface area (Å²) in [5.74, 6) is 0.364. The van der Waals surface area contributed by atoms with Crippen LogP contribution in [0.3, 0.4) is 0 Å². The van der Waals surface area contributed by atoms with Gasteiger partial charge >= 0.3 is 0 Å². The SMILES string of the molecule is CC(=O)c1nn(CC(=O)N2C3C[C@@]4(Cc5ccc(cc5)COCc5ccc(Br)nc5NC3=O)C[C@@H]24)c2c(C)cc(-c3cnc(C)nc3)cc12. The molecule has 1 N–H and O–H groups in total. The van der Waals surface area contributed by atoms with Crippen LogP contribution in [0.4, 0.5) is 5.82 Å². The molecule has 5 aromatic rings. The number of aryl methyl sites for hydroxylation is 2. The first-order valence-corrected chi connectivity index (χ1v) is 17.1. The van der Waals surface area contributed by atoms with Crippen LogP contribution in [0, 0.1) is 19.3 Å². The quantitative estimate of drug-likeness (QED) is 0.184. The van der Waals surface area contributed by atoms with Gasteiger partial charge in [-0.15, -0.1) is 0 Å². The maximum atomic E-state index is 14.4. The lowest BCUT2D eigenvalue weighted by Crippen LogP contribution is -2.47. The standard InChI is InChI=1S/C37H34BrN7O4/c1-20-10-26(27-15-39-22(3)40-16-27)11-28-33(21(2)46)43-44(34(20)28)17-32(47)45-29-13-37(14-30(37)45)12-23-4-6-24(7-5-23)18-49-19-25-8-9-31(38)41-35(25)42-36(29)48/h4-11,15-16,29-30H,12-14,17-19H2,1-3H3,(H,41,42,48)/t29?,30-,37+/m1/s1. The average Bonchev–Trinajstić information content (AvgIpc) is 3.46. The normalized spacial score (nSPS) is 21.5. The summed E-state index contributed by atoms with van der Waals surface area (Å²) in [4.78, 5) is 56.4. The molecule has 3 atom stereocenters. The zero-order valence-corrected chi connectivity index (χ0v) is 29.0. The molecule has 1 saturated heterocycles. The van der Waals surface area contributed by atoms with Crippen LogP contribution in [-0.4, -0.2) is 59.3 Å². The molecule has 248 valence electrons. The van der Waals surface area contributed by atoms with Gasteiger partial charge in [0.25, 0.3) is 0 Å². The molecule has 2 amide bonds. The molecule has 4 bridgehead atoms. The highest BCUT2D eigenvalue weighted by atomic mass is 79.9. The van der Waals surface area contributed by atoms with E-state index in [2.05, 4.69) is 65.6 Å². The van der Waals surface area contributed by atoms with Crippen LogP contribution < -0.4 is 5.32 Å². The van der Waals surface area contributed by atoms with Crippen molar-refractivity contribution in [1.29, 1.82) is 0 Å².